The number of pyridine rings is 1. The van der Waals surface area contributed by atoms with Crippen molar-refractivity contribution in [2.24, 2.45) is 0 Å². The van der Waals surface area contributed by atoms with Crippen LogP contribution in [0.15, 0.2) is 48.7 Å². The summed E-state index contributed by atoms with van der Waals surface area (Å²) < 4.78 is 12.9. The SMILES string of the molecule is O=C(NNC(=O)c1ccccn1)c1cccc(F)c1. The smallest absolute Gasteiger partial charge is 0.267 e. The third-order valence-electron chi connectivity index (χ3n) is 2.27. The first-order valence-electron chi connectivity index (χ1n) is 5.44. The summed E-state index contributed by atoms with van der Waals surface area (Å²) in [7, 11) is 0. The minimum absolute atomic E-state index is 0.112. The van der Waals surface area contributed by atoms with Crippen LogP contribution in [-0.2, 0) is 0 Å². The number of carbonyl (C=O) groups excluding carboxylic acids is 2. The number of nitrogens with zero attached hydrogens (tertiary/aromatic N) is 1. The Balaban J connectivity index is 1.96. The molecule has 1 aromatic heterocycles. The zero-order valence-corrected chi connectivity index (χ0v) is 9.76. The predicted octanol–water partition coefficient (Wildman–Crippen LogP) is 1.30. The molecule has 2 N–H and O–H groups in total. The minimum atomic E-state index is -0.608. The van der Waals surface area contributed by atoms with Crippen molar-refractivity contribution in [2.45, 2.75) is 0 Å². The number of halogens is 1. The van der Waals surface area contributed by atoms with Crippen LogP contribution in [0.4, 0.5) is 4.39 Å². The number of hydrogen-bond donors (Lipinski definition) is 2. The van der Waals surface area contributed by atoms with Gasteiger partial charge in [-0.15, -0.1) is 0 Å². The van der Waals surface area contributed by atoms with Crippen LogP contribution in [0.25, 0.3) is 0 Å². The zero-order valence-electron chi connectivity index (χ0n) is 9.76. The molecule has 0 atom stereocenters. The van der Waals surface area contributed by atoms with Crippen molar-refractivity contribution in [3.05, 3.63) is 65.7 Å². The van der Waals surface area contributed by atoms with Gasteiger partial charge in [0.2, 0.25) is 0 Å². The highest BCUT2D eigenvalue weighted by Gasteiger charge is 2.09. The van der Waals surface area contributed by atoms with Gasteiger partial charge < -0.3 is 0 Å². The van der Waals surface area contributed by atoms with Crippen LogP contribution in [0.2, 0.25) is 0 Å². The first kappa shape index (κ1) is 12.7. The lowest BCUT2D eigenvalue weighted by Gasteiger charge is -2.06. The molecule has 0 aliphatic heterocycles. The molecule has 6 heteroatoms. The third-order valence-corrected chi connectivity index (χ3v) is 2.27. The van der Waals surface area contributed by atoms with E-state index in [4.69, 9.17) is 0 Å². The van der Waals surface area contributed by atoms with Gasteiger partial charge in [0.15, 0.2) is 0 Å². The average Bonchev–Trinajstić information content (AvgIpc) is 2.45. The highest BCUT2D eigenvalue weighted by atomic mass is 19.1. The van der Waals surface area contributed by atoms with E-state index in [1.54, 1.807) is 12.1 Å². The summed E-state index contributed by atoms with van der Waals surface area (Å²) in [4.78, 5) is 27.0. The van der Waals surface area contributed by atoms with Gasteiger partial charge in [-0.2, -0.15) is 0 Å². The van der Waals surface area contributed by atoms with Crippen molar-refractivity contribution in [1.82, 2.24) is 15.8 Å². The lowest BCUT2D eigenvalue weighted by atomic mass is 10.2. The molecule has 0 radical (unpaired) electrons. The first-order chi connectivity index (χ1) is 9.16. The van der Waals surface area contributed by atoms with E-state index >= 15 is 0 Å². The van der Waals surface area contributed by atoms with Crippen LogP contribution < -0.4 is 10.9 Å². The maximum Gasteiger partial charge on any atom is 0.288 e. The molecule has 1 aromatic carbocycles. The van der Waals surface area contributed by atoms with E-state index in [2.05, 4.69) is 15.8 Å². The maximum atomic E-state index is 12.9. The second-order valence-electron chi connectivity index (χ2n) is 3.63. The number of amides is 2. The van der Waals surface area contributed by atoms with Gasteiger partial charge in [0.25, 0.3) is 11.8 Å². The number of benzene rings is 1. The highest BCUT2D eigenvalue weighted by Crippen LogP contribution is 2.02. The third kappa shape index (κ3) is 3.35. The molecular weight excluding hydrogens is 249 g/mol. The Morgan fingerprint density at radius 1 is 1.00 bits per heavy atom. The molecule has 0 saturated heterocycles. The van der Waals surface area contributed by atoms with Crippen LogP contribution in [-0.4, -0.2) is 16.8 Å². The Hall–Kier alpha value is -2.76. The molecule has 0 aliphatic rings. The molecule has 2 amide bonds. The molecule has 96 valence electrons. The van der Waals surface area contributed by atoms with Gasteiger partial charge in [0, 0.05) is 11.8 Å². The minimum Gasteiger partial charge on any atom is -0.267 e. The van der Waals surface area contributed by atoms with Crippen LogP contribution in [0, 0.1) is 5.82 Å². The van der Waals surface area contributed by atoms with E-state index in [9.17, 15) is 14.0 Å². The van der Waals surface area contributed by atoms with E-state index in [0.717, 1.165) is 6.07 Å². The fourth-order valence-corrected chi connectivity index (χ4v) is 1.38. The number of carbonyl (C=O) groups is 2. The molecule has 0 bridgehead atoms. The Morgan fingerprint density at radius 3 is 2.47 bits per heavy atom. The second kappa shape index (κ2) is 5.72. The zero-order chi connectivity index (χ0) is 13.7. The quantitative estimate of drug-likeness (QED) is 0.798. The molecule has 0 unspecified atom stereocenters. The average molecular weight is 259 g/mol. The summed E-state index contributed by atoms with van der Waals surface area (Å²) in [6, 6.07) is 9.96. The van der Waals surface area contributed by atoms with Crippen molar-refractivity contribution in [3.8, 4) is 0 Å². The van der Waals surface area contributed by atoms with E-state index in [1.807, 2.05) is 0 Å². The number of rotatable bonds is 2. The Bertz CT molecular complexity index is 602. The van der Waals surface area contributed by atoms with Crippen molar-refractivity contribution in [1.29, 1.82) is 0 Å². The summed E-state index contributed by atoms with van der Waals surface area (Å²) >= 11 is 0. The Morgan fingerprint density at radius 2 is 1.79 bits per heavy atom. The van der Waals surface area contributed by atoms with Gasteiger partial charge in [0.05, 0.1) is 0 Å². The van der Waals surface area contributed by atoms with Crippen LogP contribution in [0.3, 0.4) is 0 Å². The van der Waals surface area contributed by atoms with Gasteiger partial charge in [-0.25, -0.2) is 4.39 Å². The lowest BCUT2D eigenvalue weighted by Crippen LogP contribution is -2.41. The van der Waals surface area contributed by atoms with Crippen LogP contribution in [0.5, 0.6) is 0 Å². The van der Waals surface area contributed by atoms with Crippen molar-refractivity contribution < 1.29 is 14.0 Å². The fraction of sp³-hybridized carbons (Fsp3) is 0. The number of hydrogen-bond acceptors (Lipinski definition) is 3. The molecule has 2 rings (SSSR count). The number of aromatic nitrogens is 1. The van der Waals surface area contributed by atoms with Gasteiger partial charge in [-0.05, 0) is 30.3 Å². The number of nitrogens with one attached hydrogen (secondary N) is 2. The molecule has 0 spiro atoms. The summed E-state index contributed by atoms with van der Waals surface area (Å²) in [5.74, 6) is -1.68. The van der Waals surface area contributed by atoms with Crippen molar-refractivity contribution in [2.75, 3.05) is 0 Å². The first-order valence-corrected chi connectivity index (χ1v) is 5.44. The molecule has 0 aliphatic carbocycles. The van der Waals surface area contributed by atoms with Crippen molar-refractivity contribution in [3.63, 3.8) is 0 Å². The monoisotopic (exact) mass is 259 g/mol. The van der Waals surface area contributed by atoms with Gasteiger partial charge in [0.1, 0.15) is 11.5 Å². The maximum absolute atomic E-state index is 12.9. The predicted molar refractivity (Wildman–Crippen MR) is 65.6 cm³/mol. The summed E-state index contributed by atoms with van der Waals surface area (Å²) in [6.07, 6.45) is 1.46. The fourth-order valence-electron chi connectivity index (χ4n) is 1.38. The normalized spacial score (nSPS) is 9.74. The molecular formula is C13H10FN3O2. The Kier molecular flexibility index (Phi) is 3.82. The molecule has 1 heterocycles. The summed E-state index contributed by atoms with van der Waals surface area (Å²) in [6.45, 7) is 0. The van der Waals surface area contributed by atoms with Crippen LogP contribution >= 0.6 is 0 Å². The molecule has 5 nitrogen and oxygen atoms in total. The molecule has 0 fully saturated rings. The van der Waals surface area contributed by atoms with Gasteiger partial charge >= 0.3 is 0 Å². The molecule has 2 aromatic rings. The second-order valence-corrected chi connectivity index (χ2v) is 3.63. The summed E-state index contributed by atoms with van der Waals surface area (Å²) in [5.41, 5.74) is 4.65. The highest BCUT2D eigenvalue weighted by molar-refractivity contribution is 5.98. The molecule has 19 heavy (non-hydrogen) atoms. The standard InChI is InChI=1S/C13H10FN3O2/c14-10-5-3-4-9(8-10)12(18)16-17-13(19)11-6-1-2-7-15-11/h1-8H,(H,16,18)(H,17,19). The topological polar surface area (TPSA) is 71.1 Å². The van der Waals surface area contributed by atoms with Gasteiger partial charge in [-0.1, -0.05) is 12.1 Å². The molecule has 0 saturated carbocycles. The van der Waals surface area contributed by atoms with Gasteiger partial charge in [-0.3, -0.25) is 25.4 Å². The van der Waals surface area contributed by atoms with E-state index < -0.39 is 17.6 Å². The number of hydrazine groups is 1. The van der Waals surface area contributed by atoms with E-state index in [0.29, 0.717) is 0 Å². The van der Waals surface area contributed by atoms with E-state index in [1.165, 1.54) is 30.5 Å². The Labute approximate surface area is 108 Å². The largest absolute Gasteiger partial charge is 0.288 e. The van der Waals surface area contributed by atoms with Crippen LogP contribution in [0.1, 0.15) is 20.8 Å². The van der Waals surface area contributed by atoms with E-state index in [-0.39, 0.29) is 11.3 Å². The van der Waals surface area contributed by atoms with Crippen molar-refractivity contribution >= 4 is 11.8 Å². The lowest BCUT2D eigenvalue weighted by molar-refractivity contribution is 0.0844. The summed E-state index contributed by atoms with van der Waals surface area (Å²) in [5, 5.41) is 0.